The smallest absolute Gasteiger partial charge is 0.326 e. The molecule has 0 heterocycles. The quantitative estimate of drug-likeness (QED) is 0.646. The van der Waals surface area contributed by atoms with Crippen molar-refractivity contribution in [2.24, 2.45) is 11.8 Å². The molecule has 0 aliphatic carbocycles. The number of nitrogens with one attached hydrogen (secondary N) is 2. The van der Waals surface area contributed by atoms with Gasteiger partial charge in [-0.2, -0.15) is 0 Å². The Kier molecular flexibility index (Phi) is 6.53. The summed E-state index contributed by atoms with van der Waals surface area (Å²) in [6.45, 7) is 8.33. The highest BCUT2D eigenvalue weighted by Crippen LogP contribution is 2.04. The van der Waals surface area contributed by atoms with E-state index in [-0.39, 0.29) is 5.92 Å². The highest BCUT2D eigenvalue weighted by Gasteiger charge is 2.20. The normalized spacial score (nSPS) is 12.6. The van der Waals surface area contributed by atoms with Gasteiger partial charge in [-0.25, -0.2) is 9.59 Å². The van der Waals surface area contributed by atoms with Gasteiger partial charge in [0.15, 0.2) is 0 Å². The van der Waals surface area contributed by atoms with Crippen molar-refractivity contribution >= 4 is 12.0 Å². The third-order valence-corrected chi connectivity index (χ3v) is 1.98. The molecule has 0 aromatic carbocycles. The van der Waals surface area contributed by atoms with Gasteiger partial charge < -0.3 is 15.7 Å². The standard InChI is InChI=1S/C11H22N2O3/c1-7(2)5-9(10(14)15)13-11(16)12-6-8(3)4/h7-9H,5-6H2,1-4H3,(H,14,15)(H2,12,13,16)/t9-/m1/s1. The van der Waals surface area contributed by atoms with E-state index in [4.69, 9.17) is 5.11 Å². The lowest BCUT2D eigenvalue weighted by Gasteiger charge is -2.17. The van der Waals surface area contributed by atoms with Crippen molar-refractivity contribution in [2.75, 3.05) is 6.54 Å². The zero-order valence-electron chi connectivity index (χ0n) is 10.4. The van der Waals surface area contributed by atoms with E-state index in [1.807, 2.05) is 27.7 Å². The predicted octanol–water partition coefficient (Wildman–Crippen LogP) is 1.44. The lowest BCUT2D eigenvalue weighted by molar-refractivity contribution is -0.139. The first-order chi connectivity index (χ1) is 7.32. The van der Waals surface area contributed by atoms with Crippen LogP contribution in [0.1, 0.15) is 34.1 Å². The highest BCUT2D eigenvalue weighted by atomic mass is 16.4. The Bertz CT molecular complexity index is 239. The van der Waals surface area contributed by atoms with E-state index in [9.17, 15) is 9.59 Å². The van der Waals surface area contributed by atoms with Gasteiger partial charge in [0.05, 0.1) is 0 Å². The molecule has 0 aromatic heterocycles. The second-order valence-corrected chi connectivity index (χ2v) is 4.77. The summed E-state index contributed by atoms with van der Waals surface area (Å²) >= 11 is 0. The number of hydrogen-bond acceptors (Lipinski definition) is 2. The van der Waals surface area contributed by atoms with Gasteiger partial charge in [0.2, 0.25) is 0 Å². The van der Waals surface area contributed by atoms with E-state index in [0.717, 1.165) is 0 Å². The third kappa shape index (κ3) is 7.09. The van der Waals surface area contributed by atoms with Crippen molar-refractivity contribution in [3.05, 3.63) is 0 Å². The fourth-order valence-corrected chi connectivity index (χ4v) is 1.20. The number of carbonyl (C=O) groups excluding carboxylic acids is 1. The topological polar surface area (TPSA) is 78.4 Å². The molecule has 0 bridgehead atoms. The highest BCUT2D eigenvalue weighted by molar-refractivity contribution is 5.82. The Morgan fingerprint density at radius 2 is 1.69 bits per heavy atom. The van der Waals surface area contributed by atoms with Crippen LogP contribution < -0.4 is 10.6 Å². The summed E-state index contributed by atoms with van der Waals surface area (Å²) in [5, 5.41) is 14.0. The Morgan fingerprint density at radius 1 is 1.12 bits per heavy atom. The molecule has 5 heteroatoms. The van der Waals surface area contributed by atoms with E-state index in [2.05, 4.69) is 10.6 Å². The van der Waals surface area contributed by atoms with Crippen LogP contribution in [0.3, 0.4) is 0 Å². The average Bonchev–Trinajstić information content (AvgIpc) is 2.12. The molecule has 0 radical (unpaired) electrons. The summed E-state index contributed by atoms with van der Waals surface area (Å²) in [6.07, 6.45) is 0.435. The van der Waals surface area contributed by atoms with Crippen LogP contribution in [0.2, 0.25) is 0 Å². The number of amides is 2. The molecular formula is C11H22N2O3. The second-order valence-electron chi connectivity index (χ2n) is 4.77. The van der Waals surface area contributed by atoms with Crippen LogP contribution in [0.4, 0.5) is 4.79 Å². The predicted molar refractivity (Wildman–Crippen MR) is 62.3 cm³/mol. The maximum absolute atomic E-state index is 11.4. The number of hydrogen-bond donors (Lipinski definition) is 3. The van der Waals surface area contributed by atoms with Crippen molar-refractivity contribution in [3.63, 3.8) is 0 Å². The van der Waals surface area contributed by atoms with Gasteiger partial charge in [-0.1, -0.05) is 27.7 Å². The van der Waals surface area contributed by atoms with Crippen molar-refractivity contribution in [1.82, 2.24) is 10.6 Å². The van der Waals surface area contributed by atoms with E-state index in [1.54, 1.807) is 0 Å². The SMILES string of the molecule is CC(C)CNC(=O)N[C@H](CC(C)C)C(=O)O. The minimum atomic E-state index is -0.992. The molecule has 94 valence electrons. The number of carboxylic acids is 1. The van der Waals surface area contributed by atoms with Crippen LogP contribution in [0, 0.1) is 11.8 Å². The van der Waals surface area contributed by atoms with Crippen LogP contribution in [-0.4, -0.2) is 29.7 Å². The lowest BCUT2D eigenvalue weighted by Crippen LogP contribution is -2.47. The van der Waals surface area contributed by atoms with E-state index >= 15 is 0 Å². The molecule has 0 fully saturated rings. The number of carboxylic acid groups (broad SMARTS) is 1. The van der Waals surface area contributed by atoms with Gasteiger partial charge in [0.1, 0.15) is 6.04 Å². The number of aliphatic carboxylic acids is 1. The van der Waals surface area contributed by atoms with Gasteiger partial charge in [-0.05, 0) is 18.3 Å². The molecule has 0 spiro atoms. The largest absolute Gasteiger partial charge is 0.480 e. The first-order valence-corrected chi connectivity index (χ1v) is 5.60. The summed E-state index contributed by atoms with van der Waals surface area (Å²) in [4.78, 5) is 22.2. The summed E-state index contributed by atoms with van der Waals surface area (Å²) < 4.78 is 0. The molecule has 2 amide bonds. The minimum absolute atomic E-state index is 0.228. The van der Waals surface area contributed by atoms with Crippen LogP contribution in [0.15, 0.2) is 0 Å². The average molecular weight is 230 g/mol. The first-order valence-electron chi connectivity index (χ1n) is 5.60. The molecule has 5 nitrogen and oxygen atoms in total. The molecule has 16 heavy (non-hydrogen) atoms. The van der Waals surface area contributed by atoms with Crippen LogP contribution in [0.5, 0.6) is 0 Å². The van der Waals surface area contributed by atoms with Crippen molar-refractivity contribution < 1.29 is 14.7 Å². The Balaban J connectivity index is 4.08. The lowest BCUT2D eigenvalue weighted by atomic mass is 10.0. The second kappa shape index (κ2) is 7.09. The molecule has 0 unspecified atom stereocenters. The molecule has 3 N–H and O–H groups in total. The van der Waals surface area contributed by atoms with Crippen LogP contribution in [-0.2, 0) is 4.79 Å². The van der Waals surface area contributed by atoms with Crippen LogP contribution in [0.25, 0.3) is 0 Å². The van der Waals surface area contributed by atoms with Crippen molar-refractivity contribution in [1.29, 1.82) is 0 Å². The molecule has 0 saturated heterocycles. The molecule has 0 rings (SSSR count). The summed E-state index contributed by atoms with van der Waals surface area (Å²) in [5.41, 5.74) is 0. The number of rotatable bonds is 6. The summed E-state index contributed by atoms with van der Waals surface area (Å²) in [7, 11) is 0. The van der Waals surface area contributed by atoms with E-state index in [1.165, 1.54) is 0 Å². The van der Waals surface area contributed by atoms with Gasteiger partial charge in [0, 0.05) is 6.54 Å². The first kappa shape index (κ1) is 14.7. The van der Waals surface area contributed by atoms with Crippen molar-refractivity contribution in [3.8, 4) is 0 Å². The summed E-state index contributed by atoms with van der Waals surface area (Å²) in [5.74, 6) is -0.418. The molecule has 0 aliphatic heterocycles. The van der Waals surface area contributed by atoms with Crippen molar-refractivity contribution in [2.45, 2.75) is 40.2 Å². The third-order valence-electron chi connectivity index (χ3n) is 1.98. The fraction of sp³-hybridized carbons (Fsp3) is 0.818. The maximum atomic E-state index is 11.4. The monoisotopic (exact) mass is 230 g/mol. The minimum Gasteiger partial charge on any atom is -0.480 e. The van der Waals surface area contributed by atoms with Gasteiger partial charge in [-0.3, -0.25) is 0 Å². The molecule has 0 aromatic rings. The van der Waals surface area contributed by atoms with Gasteiger partial charge in [0.25, 0.3) is 0 Å². The zero-order chi connectivity index (χ0) is 12.7. The maximum Gasteiger partial charge on any atom is 0.326 e. The Hall–Kier alpha value is -1.26. The fourth-order valence-electron chi connectivity index (χ4n) is 1.20. The van der Waals surface area contributed by atoms with Crippen LogP contribution >= 0.6 is 0 Å². The molecular weight excluding hydrogens is 208 g/mol. The Labute approximate surface area is 96.6 Å². The number of urea groups is 1. The molecule has 0 saturated carbocycles. The van der Waals surface area contributed by atoms with E-state index in [0.29, 0.717) is 18.9 Å². The number of carbonyl (C=O) groups is 2. The summed E-state index contributed by atoms with van der Waals surface area (Å²) in [6, 6.07) is -1.23. The van der Waals surface area contributed by atoms with E-state index < -0.39 is 18.0 Å². The van der Waals surface area contributed by atoms with Gasteiger partial charge >= 0.3 is 12.0 Å². The molecule has 0 aliphatic rings. The molecule has 1 atom stereocenters. The Morgan fingerprint density at radius 3 is 2.06 bits per heavy atom. The zero-order valence-corrected chi connectivity index (χ0v) is 10.4. The van der Waals surface area contributed by atoms with Gasteiger partial charge in [-0.15, -0.1) is 0 Å².